The first-order valence-electron chi connectivity index (χ1n) is 11.5. The third-order valence-electron chi connectivity index (χ3n) is 6.03. The minimum Gasteiger partial charge on any atom is -0.497 e. The van der Waals surface area contributed by atoms with Crippen molar-refractivity contribution in [2.24, 2.45) is 0 Å². The number of methoxy groups -OCH3 is 4. The predicted octanol–water partition coefficient (Wildman–Crippen LogP) is 6.56. The second-order valence-electron chi connectivity index (χ2n) is 8.15. The van der Waals surface area contributed by atoms with Gasteiger partial charge in [-0.05, 0) is 52.9 Å². The highest BCUT2D eigenvalue weighted by atomic mass is 32.1. The zero-order valence-electron chi connectivity index (χ0n) is 21.2. The fourth-order valence-electron chi connectivity index (χ4n) is 4.16. The van der Waals surface area contributed by atoms with E-state index in [0.29, 0.717) is 49.5 Å². The third kappa shape index (κ3) is 4.59. The van der Waals surface area contributed by atoms with E-state index in [9.17, 15) is 4.79 Å². The van der Waals surface area contributed by atoms with Gasteiger partial charge in [0.15, 0.2) is 11.5 Å². The highest BCUT2D eigenvalue weighted by Gasteiger charge is 2.23. The molecule has 0 saturated carbocycles. The van der Waals surface area contributed by atoms with Crippen molar-refractivity contribution < 1.29 is 23.7 Å². The Morgan fingerprint density at radius 1 is 0.895 bits per heavy atom. The van der Waals surface area contributed by atoms with Crippen LogP contribution in [-0.2, 0) is 0 Å². The lowest BCUT2D eigenvalue weighted by molar-refractivity contribution is 0.103. The van der Waals surface area contributed by atoms with Gasteiger partial charge in [0.2, 0.25) is 0 Å². The maximum absolute atomic E-state index is 13.5. The number of nitrogens with two attached hydrogens (primary N) is 1. The Labute approximate surface area is 227 Å². The van der Waals surface area contributed by atoms with E-state index in [1.165, 1.54) is 18.4 Å². The van der Waals surface area contributed by atoms with Gasteiger partial charge in [0.05, 0.1) is 50.4 Å². The first kappa shape index (κ1) is 25.4. The monoisotopic (exact) mass is 547 g/mol. The Hall–Kier alpha value is -4.28. The molecule has 0 spiro atoms. The molecule has 3 N–H and O–H groups in total. The Bertz CT molecular complexity index is 1630. The Kier molecular flexibility index (Phi) is 7.08. The molecule has 1 amide bonds. The van der Waals surface area contributed by atoms with Crippen LogP contribution in [0.1, 0.15) is 9.67 Å². The number of thiophene rings is 2. The van der Waals surface area contributed by atoms with E-state index in [-0.39, 0.29) is 5.91 Å². The average Bonchev–Trinajstić information content (AvgIpc) is 3.60. The Balaban J connectivity index is 1.66. The van der Waals surface area contributed by atoms with E-state index in [1.807, 2.05) is 41.8 Å². The van der Waals surface area contributed by atoms with Crippen molar-refractivity contribution in [2.45, 2.75) is 0 Å². The number of pyridine rings is 1. The van der Waals surface area contributed by atoms with E-state index in [1.54, 1.807) is 50.9 Å². The summed E-state index contributed by atoms with van der Waals surface area (Å²) in [6, 6.07) is 16.8. The quantitative estimate of drug-likeness (QED) is 0.227. The molecule has 10 heteroatoms. The van der Waals surface area contributed by atoms with Crippen LogP contribution in [0.2, 0.25) is 0 Å². The van der Waals surface area contributed by atoms with Crippen LogP contribution >= 0.6 is 22.7 Å². The summed E-state index contributed by atoms with van der Waals surface area (Å²) in [7, 11) is 6.28. The number of carbonyl (C=O) groups is 1. The molecule has 0 aliphatic heterocycles. The molecule has 8 nitrogen and oxygen atoms in total. The van der Waals surface area contributed by atoms with Crippen LogP contribution in [0.3, 0.4) is 0 Å². The summed E-state index contributed by atoms with van der Waals surface area (Å²) in [4.78, 5) is 20.4. The number of ether oxygens (including phenoxy) is 4. The number of anilines is 2. The van der Waals surface area contributed by atoms with Crippen molar-refractivity contribution in [1.82, 2.24) is 4.98 Å². The summed E-state index contributed by atoms with van der Waals surface area (Å²) >= 11 is 2.83. The molecule has 194 valence electrons. The van der Waals surface area contributed by atoms with Gasteiger partial charge in [-0.3, -0.25) is 4.79 Å². The van der Waals surface area contributed by atoms with Crippen molar-refractivity contribution in [3.8, 4) is 44.7 Å². The van der Waals surface area contributed by atoms with Gasteiger partial charge in [0, 0.05) is 11.5 Å². The topological polar surface area (TPSA) is 105 Å². The van der Waals surface area contributed by atoms with Gasteiger partial charge in [-0.2, -0.15) is 0 Å². The molecule has 0 fully saturated rings. The standard InChI is InChI=1S/C28H25N3O5S2/c1-33-16-8-10-20(34-2)18(13-16)30-27(32)26-25(29)24-17(15-7-9-21(35-3)22(12-15)36-4)14-19(31-28(24)38-26)23-6-5-11-37-23/h5-14H,29H2,1-4H3,(H,30,32). The van der Waals surface area contributed by atoms with Crippen molar-refractivity contribution in [3.63, 3.8) is 0 Å². The lowest BCUT2D eigenvalue weighted by Crippen LogP contribution is -2.13. The lowest BCUT2D eigenvalue weighted by atomic mass is 10.0. The van der Waals surface area contributed by atoms with Gasteiger partial charge in [0.25, 0.3) is 5.91 Å². The normalized spacial score (nSPS) is 10.8. The molecule has 3 heterocycles. The largest absolute Gasteiger partial charge is 0.497 e. The number of hydrogen-bond acceptors (Lipinski definition) is 9. The van der Waals surface area contributed by atoms with Crippen LogP contribution in [0, 0.1) is 0 Å². The lowest BCUT2D eigenvalue weighted by Gasteiger charge is -2.12. The molecule has 5 aromatic rings. The van der Waals surface area contributed by atoms with Crippen LogP contribution in [0.4, 0.5) is 11.4 Å². The van der Waals surface area contributed by atoms with E-state index < -0.39 is 0 Å². The van der Waals surface area contributed by atoms with Crippen molar-refractivity contribution in [2.75, 3.05) is 39.5 Å². The number of nitrogens with one attached hydrogen (secondary N) is 1. The summed E-state index contributed by atoms with van der Waals surface area (Å²) in [6.07, 6.45) is 0. The van der Waals surface area contributed by atoms with Crippen molar-refractivity contribution >= 4 is 50.2 Å². The zero-order chi connectivity index (χ0) is 26.8. The first-order valence-corrected chi connectivity index (χ1v) is 13.2. The fourth-order valence-corrected chi connectivity index (χ4v) is 5.86. The zero-order valence-corrected chi connectivity index (χ0v) is 22.8. The number of benzene rings is 2. The van der Waals surface area contributed by atoms with E-state index in [0.717, 1.165) is 21.7 Å². The van der Waals surface area contributed by atoms with Crippen LogP contribution in [0.25, 0.3) is 31.9 Å². The summed E-state index contributed by atoms with van der Waals surface area (Å²) < 4.78 is 21.7. The molecule has 2 aromatic carbocycles. The van der Waals surface area contributed by atoms with E-state index in [2.05, 4.69) is 5.32 Å². The van der Waals surface area contributed by atoms with Gasteiger partial charge in [-0.15, -0.1) is 22.7 Å². The number of nitrogens with zero attached hydrogens (tertiary/aromatic N) is 1. The van der Waals surface area contributed by atoms with Gasteiger partial charge in [-0.25, -0.2) is 4.98 Å². The average molecular weight is 548 g/mol. The molecule has 38 heavy (non-hydrogen) atoms. The molecule has 3 aromatic heterocycles. The number of carbonyl (C=O) groups excluding carboxylic acids is 1. The second-order valence-corrected chi connectivity index (χ2v) is 10.1. The second kappa shape index (κ2) is 10.6. The molecule has 0 unspecified atom stereocenters. The van der Waals surface area contributed by atoms with Crippen LogP contribution in [0.5, 0.6) is 23.0 Å². The van der Waals surface area contributed by atoms with Crippen LogP contribution in [-0.4, -0.2) is 39.3 Å². The molecular weight excluding hydrogens is 522 g/mol. The van der Waals surface area contributed by atoms with Crippen molar-refractivity contribution in [1.29, 1.82) is 0 Å². The smallest absolute Gasteiger partial charge is 0.268 e. The number of hydrogen-bond donors (Lipinski definition) is 2. The minimum absolute atomic E-state index is 0.347. The van der Waals surface area contributed by atoms with Gasteiger partial charge >= 0.3 is 0 Å². The predicted molar refractivity (Wildman–Crippen MR) is 153 cm³/mol. The highest BCUT2D eigenvalue weighted by Crippen LogP contribution is 2.44. The van der Waals surface area contributed by atoms with Crippen LogP contribution in [0.15, 0.2) is 60.0 Å². The Morgan fingerprint density at radius 2 is 1.66 bits per heavy atom. The molecule has 0 bridgehead atoms. The molecule has 0 atom stereocenters. The maximum Gasteiger partial charge on any atom is 0.268 e. The molecule has 0 radical (unpaired) electrons. The summed E-state index contributed by atoms with van der Waals surface area (Å²) in [6.45, 7) is 0. The van der Waals surface area contributed by atoms with Crippen molar-refractivity contribution in [3.05, 3.63) is 64.9 Å². The minimum atomic E-state index is -0.368. The molecule has 0 aliphatic carbocycles. The van der Waals surface area contributed by atoms with Gasteiger partial charge in [-0.1, -0.05) is 12.1 Å². The SMILES string of the molecule is COc1ccc(OC)c(NC(=O)c2sc3nc(-c4cccs4)cc(-c4ccc(OC)c(OC)c4)c3c2N)c1. The molecule has 0 saturated heterocycles. The highest BCUT2D eigenvalue weighted by molar-refractivity contribution is 7.21. The number of rotatable bonds is 8. The summed E-state index contributed by atoms with van der Waals surface area (Å²) in [5.41, 5.74) is 9.96. The molecule has 0 aliphatic rings. The van der Waals surface area contributed by atoms with Crippen LogP contribution < -0.4 is 30.0 Å². The molecular formula is C28H25N3O5S2. The number of amides is 1. The summed E-state index contributed by atoms with van der Waals surface area (Å²) in [5.74, 6) is 1.93. The number of nitrogen functional groups attached to an aromatic ring is 1. The first-order chi connectivity index (χ1) is 18.5. The number of fused-ring (bicyclic) bond motifs is 1. The fraction of sp³-hybridized carbons (Fsp3) is 0.143. The van der Waals surface area contributed by atoms with Gasteiger partial charge < -0.3 is 30.0 Å². The summed E-state index contributed by atoms with van der Waals surface area (Å²) in [5, 5.41) is 5.61. The van der Waals surface area contributed by atoms with E-state index >= 15 is 0 Å². The Morgan fingerprint density at radius 3 is 2.34 bits per heavy atom. The molecule has 5 rings (SSSR count). The maximum atomic E-state index is 13.5. The van der Waals surface area contributed by atoms with E-state index in [4.69, 9.17) is 29.7 Å². The third-order valence-corrected chi connectivity index (χ3v) is 8.02. The van der Waals surface area contributed by atoms with Gasteiger partial charge in [0.1, 0.15) is 21.2 Å². The number of aromatic nitrogens is 1.